The van der Waals surface area contributed by atoms with E-state index in [9.17, 15) is 0 Å². The standard InChI is InChI=1S/C17H25ClN2O2/c1-21-10-8-20-9-11-22-17-6-7-19(13-16(17)20)12-14-4-2-3-5-15(14)18/h2-5,16-17H,6-13H2,1H3/t16-,17-/m0/s1. The maximum atomic E-state index is 6.30. The first-order valence-corrected chi connectivity index (χ1v) is 8.46. The van der Waals surface area contributed by atoms with Crippen LogP contribution in [0.1, 0.15) is 12.0 Å². The van der Waals surface area contributed by atoms with Crippen molar-refractivity contribution in [3.05, 3.63) is 34.9 Å². The molecule has 0 N–H and O–H groups in total. The zero-order chi connectivity index (χ0) is 15.4. The Morgan fingerprint density at radius 3 is 3.00 bits per heavy atom. The van der Waals surface area contributed by atoms with Crippen molar-refractivity contribution in [3.8, 4) is 0 Å². The third-order valence-corrected chi connectivity index (χ3v) is 5.09. The quantitative estimate of drug-likeness (QED) is 0.829. The number of likely N-dealkylation sites (tertiary alicyclic amines) is 1. The molecule has 3 rings (SSSR count). The zero-order valence-corrected chi connectivity index (χ0v) is 14.0. The van der Waals surface area contributed by atoms with E-state index in [1.165, 1.54) is 5.56 Å². The number of morpholine rings is 1. The number of hydrogen-bond donors (Lipinski definition) is 0. The summed E-state index contributed by atoms with van der Waals surface area (Å²) in [4.78, 5) is 5.02. The van der Waals surface area contributed by atoms with Crippen LogP contribution in [0.4, 0.5) is 0 Å². The summed E-state index contributed by atoms with van der Waals surface area (Å²) in [5.74, 6) is 0. The minimum absolute atomic E-state index is 0.369. The molecule has 0 aromatic heterocycles. The van der Waals surface area contributed by atoms with Gasteiger partial charge < -0.3 is 9.47 Å². The third-order valence-electron chi connectivity index (χ3n) is 4.72. The highest BCUT2D eigenvalue weighted by atomic mass is 35.5. The summed E-state index contributed by atoms with van der Waals surface area (Å²) in [6, 6.07) is 8.61. The maximum Gasteiger partial charge on any atom is 0.0755 e. The number of halogens is 1. The van der Waals surface area contributed by atoms with E-state index in [0.29, 0.717) is 12.1 Å². The van der Waals surface area contributed by atoms with Gasteiger partial charge in [-0.1, -0.05) is 29.8 Å². The van der Waals surface area contributed by atoms with Gasteiger partial charge in [0, 0.05) is 50.9 Å². The van der Waals surface area contributed by atoms with Crippen molar-refractivity contribution in [1.29, 1.82) is 0 Å². The van der Waals surface area contributed by atoms with Crippen molar-refractivity contribution >= 4 is 11.6 Å². The van der Waals surface area contributed by atoms with Gasteiger partial charge in [-0.25, -0.2) is 0 Å². The van der Waals surface area contributed by atoms with Crippen molar-refractivity contribution in [2.75, 3.05) is 46.5 Å². The smallest absolute Gasteiger partial charge is 0.0755 e. The number of rotatable bonds is 5. The zero-order valence-electron chi connectivity index (χ0n) is 13.2. The average Bonchev–Trinajstić information content (AvgIpc) is 2.55. The van der Waals surface area contributed by atoms with E-state index in [2.05, 4.69) is 21.9 Å². The second-order valence-electron chi connectivity index (χ2n) is 6.12. The highest BCUT2D eigenvalue weighted by molar-refractivity contribution is 6.31. The Hall–Kier alpha value is -0.650. The van der Waals surface area contributed by atoms with Crippen LogP contribution in [0.15, 0.2) is 24.3 Å². The van der Waals surface area contributed by atoms with Gasteiger partial charge in [0.15, 0.2) is 0 Å². The van der Waals surface area contributed by atoms with E-state index in [0.717, 1.165) is 57.4 Å². The Balaban J connectivity index is 1.63. The van der Waals surface area contributed by atoms with Gasteiger partial charge in [-0.15, -0.1) is 0 Å². The molecule has 0 spiro atoms. The number of hydrogen-bond acceptors (Lipinski definition) is 4. The molecule has 122 valence electrons. The molecule has 2 heterocycles. The monoisotopic (exact) mass is 324 g/mol. The summed E-state index contributed by atoms with van der Waals surface area (Å²) in [7, 11) is 1.77. The van der Waals surface area contributed by atoms with Crippen LogP contribution >= 0.6 is 11.6 Å². The van der Waals surface area contributed by atoms with Gasteiger partial charge in [0.05, 0.1) is 19.3 Å². The number of methoxy groups -OCH3 is 1. The highest BCUT2D eigenvalue weighted by Crippen LogP contribution is 2.25. The van der Waals surface area contributed by atoms with Crippen LogP contribution in [0.25, 0.3) is 0 Å². The van der Waals surface area contributed by atoms with Crippen molar-refractivity contribution in [2.45, 2.75) is 25.1 Å². The van der Waals surface area contributed by atoms with Crippen molar-refractivity contribution in [1.82, 2.24) is 9.80 Å². The largest absolute Gasteiger partial charge is 0.383 e. The Labute approximate surface area is 137 Å². The fourth-order valence-electron chi connectivity index (χ4n) is 3.51. The molecule has 2 aliphatic heterocycles. The SMILES string of the molecule is COCCN1CCO[C@H]2CCN(Cc3ccccc3Cl)C[C@@H]21. The number of nitrogens with zero attached hydrogens (tertiary/aromatic N) is 2. The van der Waals surface area contributed by atoms with E-state index in [1.807, 2.05) is 12.1 Å². The molecule has 5 heteroatoms. The molecular weight excluding hydrogens is 300 g/mol. The van der Waals surface area contributed by atoms with Crippen molar-refractivity contribution in [3.63, 3.8) is 0 Å². The third kappa shape index (κ3) is 3.81. The molecule has 2 fully saturated rings. The first kappa shape index (κ1) is 16.2. The van der Waals surface area contributed by atoms with Crippen LogP contribution in [0.3, 0.4) is 0 Å². The van der Waals surface area contributed by atoms with Crippen LogP contribution < -0.4 is 0 Å². The van der Waals surface area contributed by atoms with Crippen LogP contribution in [0.5, 0.6) is 0 Å². The highest BCUT2D eigenvalue weighted by Gasteiger charge is 2.36. The minimum Gasteiger partial charge on any atom is -0.383 e. The number of ether oxygens (including phenoxy) is 2. The van der Waals surface area contributed by atoms with Gasteiger partial charge in [0.2, 0.25) is 0 Å². The van der Waals surface area contributed by atoms with Gasteiger partial charge in [-0.3, -0.25) is 9.80 Å². The minimum atomic E-state index is 0.369. The second kappa shape index (κ2) is 7.75. The van der Waals surface area contributed by atoms with E-state index in [1.54, 1.807) is 7.11 Å². The molecule has 1 aromatic rings. The molecule has 0 aliphatic carbocycles. The number of benzene rings is 1. The lowest BCUT2D eigenvalue weighted by Crippen LogP contribution is -2.60. The molecule has 2 aliphatic rings. The molecule has 22 heavy (non-hydrogen) atoms. The normalized spacial score (nSPS) is 26.8. The fourth-order valence-corrected chi connectivity index (χ4v) is 3.70. The van der Waals surface area contributed by atoms with Crippen LogP contribution in [0, 0.1) is 0 Å². The Morgan fingerprint density at radius 1 is 1.32 bits per heavy atom. The van der Waals surface area contributed by atoms with Gasteiger partial charge in [0.25, 0.3) is 0 Å². The lowest BCUT2D eigenvalue weighted by molar-refractivity contribution is -0.107. The van der Waals surface area contributed by atoms with Crippen molar-refractivity contribution < 1.29 is 9.47 Å². The van der Waals surface area contributed by atoms with E-state index < -0.39 is 0 Å². The number of piperidine rings is 1. The molecule has 0 amide bonds. The molecule has 0 unspecified atom stereocenters. The average molecular weight is 325 g/mol. The van der Waals surface area contributed by atoms with Gasteiger partial charge in [-0.05, 0) is 18.1 Å². The number of fused-ring (bicyclic) bond motifs is 1. The predicted octanol–water partition coefficient (Wildman–Crippen LogP) is 2.26. The van der Waals surface area contributed by atoms with Crippen LogP contribution in [-0.4, -0.2) is 68.4 Å². The summed E-state index contributed by atoms with van der Waals surface area (Å²) >= 11 is 6.30. The summed E-state index contributed by atoms with van der Waals surface area (Å²) in [6.07, 6.45) is 1.46. The van der Waals surface area contributed by atoms with Crippen LogP contribution in [-0.2, 0) is 16.0 Å². The van der Waals surface area contributed by atoms with Gasteiger partial charge >= 0.3 is 0 Å². The second-order valence-corrected chi connectivity index (χ2v) is 6.53. The fraction of sp³-hybridized carbons (Fsp3) is 0.647. The van der Waals surface area contributed by atoms with Gasteiger partial charge in [0.1, 0.15) is 0 Å². The van der Waals surface area contributed by atoms with E-state index in [-0.39, 0.29) is 0 Å². The van der Waals surface area contributed by atoms with Crippen molar-refractivity contribution in [2.24, 2.45) is 0 Å². The molecule has 4 nitrogen and oxygen atoms in total. The molecule has 0 saturated carbocycles. The Kier molecular flexibility index (Phi) is 5.71. The lowest BCUT2D eigenvalue weighted by atomic mass is 9.98. The molecule has 2 atom stereocenters. The van der Waals surface area contributed by atoms with E-state index in [4.69, 9.17) is 21.1 Å². The first-order chi connectivity index (χ1) is 10.8. The summed E-state index contributed by atoms with van der Waals surface area (Å²) < 4.78 is 11.2. The first-order valence-electron chi connectivity index (χ1n) is 8.08. The predicted molar refractivity (Wildman–Crippen MR) is 88.3 cm³/mol. The Bertz CT molecular complexity index is 485. The topological polar surface area (TPSA) is 24.9 Å². The maximum absolute atomic E-state index is 6.30. The lowest BCUT2D eigenvalue weighted by Gasteiger charge is -2.47. The van der Waals surface area contributed by atoms with E-state index >= 15 is 0 Å². The Morgan fingerprint density at radius 2 is 2.18 bits per heavy atom. The summed E-state index contributed by atoms with van der Waals surface area (Å²) in [5, 5.41) is 0.862. The summed E-state index contributed by atoms with van der Waals surface area (Å²) in [6.45, 7) is 6.65. The molecule has 0 bridgehead atoms. The molecule has 0 radical (unpaired) electrons. The van der Waals surface area contributed by atoms with Gasteiger partial charge in [-0.2, -0.15) is 0 Å². The molecule has 1 aromatic carbocycles. The molecule has 2 saturated heterocycles. The summed E-state index contributed by atoms with van der Waals surface area (Å²) in [5.41, 5.74) is 1.21. The van der Waals surface area contributed by atoms with Crippen LogP contribution in [0.2, 0.25) is 5.02 Å². The molecular formula is C17H25ClN2O2.